The maximum atomic E-state index is 12.8. The number of nitrogens with one attached hydrogen (secondary N) is 2. The minimum Gasteiger partial charge on any atom is -0.384 e. The SMILES string of the molecule is COCC1(CNS(=O)(=O)c2ccccc2C(C)C)CCNCC1. The molecule has 1 aliphatic rings. The summed E-state index contributed by atoms with van der Waals surface area (Å²) in [5.74, 6) is 0.162. The van der Waals surface area contributed by atoms with Gasteiger partial charge in [0.1, 0.15) is 0 Å². The minimum atomic E-state index is -3.52. The molecule has 0 spiro atoms. The van der Waals surface area contributed by atoms with E-state index in [1.807, 2.05) is 26.0 Å². The Balaban J connectivity index is 2.18. The summed E-state index contributed by atoms with van der Waals surface area (Å²) in [4.78, 5) is 0.386. The van der Waals surface area contributed by atoms with Crippen LogP contribution in [0.4, 0.5) is 0 Å². The van der Waals surface area contributed by atoms with Crippen LogP contribution in [0.3, 0.4) is 0 Å². The van der Waals surface area contributed by atoms with Crippen molar-refractivity contribution in [2.75, 3.05) is 33.4 Å². The lowest BCUT2D eigenvalue weighted by atomic mass is 9.80. The average Bonchev–Trinajstić information content (AvgIpc) is 2.54. The lowest BCUT2D eigenvalue weighted by molar-refractivity contribution is 0.0577. The third-order valence-corrected chi connectivity index (χ3v) is 6.06. The molecule has 2 rings (SSSR count). The van der Waals surface area contributed by atoms with Crippen molar-refractivity contribution in [1.82, 2.24) is 10.0 Å². The summed E-state index contributed by atoms with van der Waals surface area (Å²) in [6.45, 7) is 6.79. The van der Waals surface area contributed by atoms with Gasteiger partial charge in [-0.05, 0) is 43.5 Å². The third kappa shape index (κ3) is 4.53. The summed E-state index contributed by atoms with van der Waals surface area (Å²) in [5, 5.41) is 3.32. The van der Waals surface area contributed by atoms with Crippen molar-refractivity contribution in [3.05, 3.63) is 29.8 Å². The molecular weight excluding hydrogens is 312 g/mol. The number of sulfonamides is 1. The molecule has 0 amide bonds. The molecule has 23 heavy (non-hydrogen) atoms. The lowest BCUT2D eigenvalue weighted by Gasteiger charge is -2.37. The highest BCUT2D eigenvalue weighted by Crippen LogP contribution is 2.29. The van der Waals surface area contributed by atoms with Crippen molar-refractivity contribution < 1.29 is 13.2 Å². The summed E-state index contributed by atoms with van der Waals surface area (Å²) >= 11 is 0. The second kappa shape index (κ2) is 7.75. The largest absolute Gasteiger partial charge is 0.384 e. The van der Waals surface area contributed by atoms with Gasteiger partial charge < -0.3 is 10.1 Å². The molecule has 0 unspecified atom stereocenters. The van der Waals surface area contributed by atoms with Crippen LogP contribution < -0.4 is 10.0 Å². The number of hydrogen-bond acceptors (Lipinski definition) is 4. The highest BCUT2D eigenvalue weighted by Gasteiger charge is 2.34. The van der Waals surface area contributed by atoms with Crippen LogP contribution >= 0.6 is 0 Å². The van der Waals surface area contributed by atoms with Crippen LogP contribution in [0.1, 0.15) is 38.2 Å². The molecule has 6 heteroatoms. The van der Waals surface area contributed by atoms with Crippen LogP contribution in [0.2, 0.25) is 0 Å². The summed E-state index contributed by atoms with van der Waals surface area (Å²) in [7, 11) is -1.84. The van der Waals surface area contributed by atoms with E-state index in [1.54, 1.807) is 19.2 Å². The van der Waals surface area contributed by atoms with Crippen LogP contribution in [0.5, 0.6) is 0 Å². The van der Waals surface area contributed by atoms with E-state index in [0.29, 0.717) is 18.0 Å². The van der Waals surface area contributed by atoms with Crippen molar-refractivity contribution in [1.29, 1.82) is 0 Å². The van der Waals surface area contributed by atoms with Crippen LogP contribution in [0.25, 0.3) is 0 Å². The molecule has 0 atom stereocenters. The average molecular weight is 340 g/mol. The lowest BCUT2D eigenvalue weighted by Crippen LogP contribution is -2.47. The fourth-order valence-corrected chi connectivity index (χ4v) is 4.69. The molecule has 5 nitrogen and oxygen atoms in total. The smallest absolute Gasteiger partial charge is 0.240 e. The number of methoxy groups -OCH3 is 1. The van der Waals surface area contributed by atoms with E-state index in [2.05, 4.69) is 10.0 Å². The number of piperidine rings is 1. The highest BCUT2D eigenvalue weighted by molar-refractivity contribution is 7.89. The number of rotatable bonds is 7. The zero-order valence-electron chi connectivity index (χ0n) is 14.3. The van der Waals surface area contributed by atoms with Crippen molar-refractivity contribution in [2.45, 2.75) is 37.5 Å². The van der Waals surface area contributed by atoms with Gasteiger partial charge in [-0.15, -0.1) is 0 Å². The van der Waals surface area contributed by atoms with Crippen molar-refractivity contribution in [3.8, 4) is 0 Å². The van der Waals surface area contributed by atoms with Crippen LogP contribution in [0.15, 0.2) is 29.2 Å². The normalized spacial score (nSPS) is 18.3. The molecule has 1 aromatic carbocycles. The monoisotopic (exact) mass is 340 g/mol. The Labute approximate surface area is 139 Å². The van der Waals surface area contributed by atoms with Gasteiger partial charge in [0.25, 0.3) is 0 Å². The molecule has 1 aliphatic heterocycles. The Hall–Kier alpha value is -0.950. The molecule has 1 aromatic rings. The Morgan fingerprint density at radius 1 is 1.26 bits per heavy atom. The molecule has 0 aromatic heterocycles. The summed E-state index contributed by atoms with van der Waals surface area (Å²) in [6.07, 6.45) is 1.82. The van der Waals surface area contributed by atoms with Gasteiger partial charge >= 0.3 is 0 Å². The quantitative estimate of drug-likeness (QED) is 0.798. The molecule has 1 heterocycles. The van der Waals surface area contributed by atoms with Gasteiger partial charge in [0.15, 0.2) is 0 Å². The van der Waals surface area contributed by atoms with Gasteiger partial charge in [-0.1, -0.05) is 32.0 Å². The zero-order chi connectivity index (χ0) is 16.9. The number of ether oxygens (including phenoxy) is 1. The molecule has 1 fully saturated rings. The maximum absolute atomic E-state index is 12.8. The predicted octanol–water partition coefficient (Wildman–Crippen LogP) is 2.10. The molecular formula is C17H28N2O3S. The first-order valence-corrected chi connectivity index (χ1v) is 9.67. The first-order valence-electron chi connectivity index (χ1n) is 8.18. The number of benzene rings is 1. The fourth-order valence-electron chi connectivity index (χ4n) is 3.16. The highest BCUT2D eigenvalue weighted by atomic mass is 32.2. The van der Waals surface area contributed by atoms with Crippen LogP contribution in [-0.2, 0) is 14.8 Å². The number of hydrogen-bond donors (Lipinski definition) is 2. The van der Waals surface area contributed by atoms with Gasteiger partial charge in [0, 0.05) is 19.1 Å². The maximum Gasteiger partial charge on any atom is 0.240 e. The van der Waals surface area contributed by atoms with E-state index in [0.717, 1.165) is 31.5 Å². The van der Waals surface area contributed by atoms with Crippen molar-refractivity contribution in [2.24, 2.45) is 5.41 Å². The second-order valence-electron chi connectivity index (χ2n) is 6.70. The third-order valence-electron chi connectivity index (χ3n) is 4.58. The van der Waals surface area contributed by atoms with Gasteiger partial charge in [0.05, 0.1) is 11.5 Å². The van der Waals surface area contributed by atoms with E-state index in [4.69, 9.17) is 4.74 Å². The van der Waals surface area contributed by atoms with E-state index >= 15 is 0 Å². The van der Waals surface area contributed by atoms with Crippen molar-refractivity contribution >= 4 is 10.0 Å². The first-order chi connectivity index (χ1) is 10.9. The topological polar surface area (TPSA) is 67.4 Å². The van der Waals surface area contributed by atoms with Gasteiger partial charge in [-0.2, -0.15) is 0 Å². The minimum absolute atomic E-state index is 0.125. The second-order valence-corrected chi connectivity index (χ2v) is 8.44. The molecule has 0 aliphatic carbocycles. The van der Waals surface area contributed by atoms with Crippen LogP contribution in [-0.4, -0.2) is 41.8 Å². The standard InChI is InChI=1S/C17H28N2O3S/c1-14(2)15-6-4-5-7-16(15)23(20,21)19-12-17(13-22-3)8-10-18-11-9-17/h4-7,14,18-19H,8-13H2,1-3H3. The van der Waals surface area contributed by atoms with E-state index in [-0.39, 0.29) is 11.3 Å². The molecule has 1 saturated heterocycles. The predicted molar refractivity (Wildman–Crippen MR) is 92.1 cm³/mol. The Morgan fingerprint density at radius 2 is 1.91 bits per heavy atom. The summed E-state index contributed by atoms with van der Waals surface area (Å²) < 4.78 is 33.7. The van der Waals surface area contributed by atoms with Crippen molar-refractivity contribution in [3.63, 3.8) is 0 Å². The molecule has 130 valence electrons. The first kappa shape index (κ1) is 18.4. The van der Waals surface area contributed by atoms with Gasteiger partial charge in [0.2, 0.25) is 10.0 Å². The van der Waals surface area contributed by atoms with Crippen LogP contribution in [0, 0.1) is 5.41 Å². The molecule has 2 N–H and O–H groups in total. The van der Waals surface area contributed by atoms with Gasteiger partial charge in [-0.3, -0.25) is 0 Å². The van der Waals surface area contributed by atoms with E-state index in [9.17, 15) is 8.42 Å². The fraction of sp³-hybridized carbons (Fsp3) is 0.647. The Kier molecular flexibility index (Phi) is 6.19. The summed E-state index contributed by atoms with van der Waals surface area (Å²) in [6, 6.07) is 7.22. The molecule has 0 radical (unpaired) electrons. The Bertz CT molecular complexity index is 603. The molecule has 0 saturated carbocycles. The van der Waals surface area contributed by atoms with E-state index in [1.165, 1.54) is 0 Å². The Morgan fingerprint density at radius 3 is 2.52 bits per heavy atom. The van der Waals surface area contributed by atoms with E-state index < -0.39 is 10.0 Å². The molecule has 0 bridgehead atoms. The summed E-state index contributed by atoms with van der Waals surface area (Å²) in [5.41, 5.74) is 0.728. The van der Waals surface area contributed by atoms with Gasteiger partial charge in [-0.25, -0.2) is 13.1 Å². The zero-order valence-corrected chi connectivity index (χ0v) is 15.1.